The highest BCUT2D eigenvalue weighted by atomic mass is 28.4. The quantitative estimate of drug-likeness (QED) is 0.520. The molecule has 0 fully saturated rings. The van der Waals surface area contributed by atoms with Crippen LogP contribution in [0.2, 0.25) is 5.04 Å². The fourth-order valence-corrected chi connectivity index (χ4v) is 8.36. The Labute approximate surface area is 170 Å². The fraction of sp³-hybridized carbons (Fsp3) is 0.435. The van der Waals surface area contributed by atoms with E-state index in [0.717, 1.165) is 0 Å². The van der Waals surface area contributed by atoms with Crippen LogP contribution in [0.5, 0.6) is 0 Å². The van der Waals surface area contributed by atoms with Crippen LogP contribution < -0.4 is 15.7 Å². The number of hydrogen-bond acceptors (Lipinski definition) is 4. The molecule has 5 heteroatoms. The van der Waals surface area contributed by atoms with E-state index in [0.29, 0.717) is 19.6 Å². The first-order chi connectivity index (χ1) is 13.4. The normalized spacial score (nSPS) is 13.2. The van der Waals surface area contributed by atoms with E-state index < -0.39 is 8.32 Å². The van der Waals surface area contributed by atoms with E-state index in [1.165, 1.54) is 17.5 Å². The molecule has 1 N–H and O–H groups in total. The number of carbonyl (C=O) groups excluding carboxylic acids is 1. The molecule has 28 heavy (non-hydrogen) atoms. The molecule has 0 aromatic heterocycles. The predicted octanol–water partition coefficient (Wildman–Crippen LogP) is 3.10. The van der Waals surface area contributed by atoms with Crippen LogP contribution in [0.3, 0.4) is 0 Å². The molecule has 0 radical (unpaired) electrons. The number of esters is 1. The third-order valence-electron chi connectivity index (χ3n) is 5.08. The van der Waals surface area contributed by atoms with E-state index >= 15 is 0 Å². The number of carbonyl (C=O) groups is 1. The standard InChI is InChI=1S/C23H33NO3Si/c1-6-24-21(22(25)26-5)17-18-27-28(23(2,3)4,19-13-9-7-10-14-19)20-15-11-8-12-16-20/h7-16,21,24H,6,17-18H2,1-5H3/t21-/m0/s1. The molecule has 0 heterocycles. The lowest BCUT2D eigenvalue weighted by molar-refractivity contribution is -0.143. The van der Waals surface area contributed by atoms with Crippen LogP contribution in [0.15, 0.2) is 60.7 Å². The lowest BCUT2D eigenvalue weighted by Gasteiger charge is -2.43. The first kappa shape index (κ1) is 22.3. The molecule has 152 valence electrons. The monoisotopic (exact) mass is 399 g/mol. The van der Waals surface area contributed by atoms with Gasteiger partial charge in [-0.15, -0.1) is 0 Å². The minimum atomic E-state index is -2.56. The van der Waals surface area contributed by atoms with Crippen molar-refractivity contribution in [1.82, 2.24) is 5.32 Å². The summed E-state index contributed by atoms with van der Waals surface area (Å²) < 4.78 is 11.8. The van der Waals surface area contributed by atoms with Gasteiger partial charge in [0.05, 0.1) is 7.11 Å². The number of methoxy groups -OCH3 is 1. The number of ether oxygens (including phenoxy) is 1. The molecular weight excluding hydrogens is 366 g/mol. The van der Waals surface area contributed by atoms with Crippen LogP contribution in [0.4, 0.5) is 0 Å². The molecule has 0 aliphatic rings. The van der Waals surface area contributed by atoms with E-state index in [1.807, 2.05) is 19.1 Å². The topological polar surface area (TPSA) is 47.6 Å². The number of likely N-dealkylation sites (N-methyl/N-ethyl adjacent to an activating group) is 1. The molecule has 2 aromatic carbocycles. The van der Waals surface area contributed by atoms with Gasteiger partial charge in [0.2, 0.25) is 0 Å². The van der Waals surface area contributed by atoms with Crippen LogP contribution in [0.1, 0.15) is 34.1 Å². The largest absolute Gasteiger partial charge is 0.468 e. The Morgan fingerprint density at radius 3 is 1.89 bits per heavy atom. The van der Waals surface area contributed by atoms with E-state index in [1.54, 1.807) is 0 Å². The molecule has 0 aliphatic carbocycles. The number of nitrogens with one attached hydrogen (secondary N) is 1. The predicted molar refractivity (Wildman–Crippen MR) is 118 cm³/mol. The summed E-state index contributed by atoms with van der Waals surface area (Å²) >= 11 is 0. The van der Waals surface area contributed by atoms with Crippen LogP contribution in [0, 0.1) is 0 Å². The summed E-state index contributed by atoms with van der Waals surface area (Å²) in [5.74, 6) is -0.243. The van der Waals surface area contributed by atoms with Crippen molar-refractivity contribution < 1.29 is 14.0 Å². The maximum absolute atomic E-state index is 12.1. The van der Waals surface area contributed by atoms with Gasteiger partial charge in [-0.1, -0.05) is 88.4 Å². The Morgan fingerprint density at radius 2 is 1.50 bits per heavy atom. The highest BCUT2D eigenvalue weighted by Crippen LogP contribution is 2.36. The Balaban J connectivity index is 2.40. The molecule has 0 amide bonds. The van der Waals surface area contributed by atoms with Crippen LogP contribution in [-0.2, 0) is 14.0 Å². The molecule has 0 spiro atoms. The minimum Gasteiger partial charge on any atom is -0.468 e. The third kappa shape index (κ3) is 4.90. The summed E-state index contributed by atoms with van der Waals surface area (Å²) in [4.78, 5) is 12.1. The zero-order chi connectivity index (χ0) is 20.6. The maximum Gasteiger partial charge on any atom is 0.322 e. The van der Waals surface area contributed by atoms with Crippen molar-refractivity contribution in [2.24, 2.45) is 0 Å². The van der Waals surface area contributed by atoms with Gasteiger partial charge in [0.25, 0.3) is 8.32 Å². The molecule has 0 aliphatic heterocycles. The first-order valence-electron chi connectivity index (χ1n) is 9.93. The van der Waals surface area contributed by atoms with Crippen molar-refractivity contribution in [3.8, 4) is 0 Å². The smallest absolute Gasteiger partial charge is 0.322 e. The highest BCUT2D eigenvalue weighted by Gasteiger charge is 2.50. The van der Waals surface area contributed by atoms with Crippen molar-refractivity contribution in [1.29, 1.82) is 0 Å². The Bertz CT molecular complexity index is 689. The summed E-state index contributed by atoms with van der Waals surface area (Å²) in [6.07, 6.45) is 0.574. The molecule has 0 saturated heterocycles. The van der Waals surface area contributed by atoms with E-state index in [9.17, 15) is 4.79 Å². The van der Waals surface area contributed by atoms with Crippen molar-refractivity contribution in [2.45, 2.75) is 45.2 Å². The lowest BCUT2D eigenvalue weighted by Crippen LogP contribution is -2.66. The summed E-state index contributed by atoms with van der Waals surface area (Å²) in [6.45, 7) is 9.93. The average molecular weight is 400 g/mol. The summed E-state index contributed by atoms with van der Waals surface area (Å²) in [7, 11) is -1.14. The first-order valence-corrected chi connectivity index (χ1v) is 11.8. The molecular formula is C23H33NO3Si. The Morgan fingerprint density at radius 1 is 1.00 bits per heavy atom. The maximum atomic E-state index is 12.1. The van der Waals surface area contributed by atoms with Crippen LogP contribution in [0.25, 0.3) is 0 Å². The van der Waals surface area contributed by atoms with Crippen molar-refractivity contribution in [3.63, 3.8) is 0 Å². The lowest BCUT2D eigenvalue weighted by atomic mass is 10.2. The molecule has 1 atom stereocenters. The van der Waals surface area contributed by atoms with Crippen molar-refractivity contribution in [3.05, 3.63) is 60.7 Å². The van der Waals surface area contributed by atoms with Gasteiger partial charge in [-0.25, -0.2) is 0 Å². The van der Waals surface area contributed by atoms with Gasteiger partial charge < -0.3 is 14.5 Å². The van der Waals surface area contributed by atoms with Gasteiger partial charge in [0.1, 0.15) is 6.04 Å². The van der Waals surface area contributed by atoms with Crippen LogP contribution >= 0.6 is 0 Å². The van der Waals surface area contributed by atoms with Gasteiger partial charge in [-0.3, -0.25) is 4.79 Å². The SMILES string of the molecule is CCN[C@@H](CCO[Si](c1ccccc1)(c1ccccc1)C(C)(C)C)C(=O)OC. The van der Waals surface area contributed by atoms with Gasteiger partial charge in [0.15, 0.2) is 0 Å². The van der Waals surface area contributed by atoms with Gasteiger partial charge in [0, 0.05) is 6.61 Å². The highest BCUT2D eigenvalue weighted by molar-refractivity contribution is 6.99. The van der Waals surface area contributed by atoms with Crippen LogP contribution in [-0.4, -0.2) is 40.6 Å². The summed E-state index contributed by atoms with van der Waals surface area (Å²) in [6, 6.07) is 20.7. The number of rotatable bonds is 9. The second-order valence-corrected chi connectivity index (χ2v) is 12.2. The molecule has 0 saturated carbocycles. The van der Waals surface area contributed by atoms with Crippen molar-refractivity contribution >= 4 is 24.7 Å². The molecule has 2 rings (SSSR count). The second-order valence-electron chi connectivity index (χ2n) is 7.93. The minimum absolute atomic E-state index is 0.0747. The number of hydrogen-bond donors (Lipinski definition) is 1. The molecule has 0 unspecified atom stereocenters. The summed E-state index contributed by atoms with van der Waals surface area (Å²) in [5.41, 5.74) is 0. The van der Waals surface area contributed by atoms with E-state index in [4.69, 9.17) is 9.16 Å². The van der Waals surface area contributed by atoms with Crippen molar-refractivity contribution in [2.75, 3.05) is 20.3 Å². The Kier molecular flexibility index (Phi) is 7.98. The van der Waals surface area contributed by atoms with Gasteiger partial charge >= 0.3 is 5.97 Å². The van der Waals surface area contributed by atoms with E-state index in [2.05, 4.69) is 74.6 Å². The van der Waals surface area contributed by atoms with E-state index in [-0.39, 0.29) is 17.0 Å². The zero-order valence-electron chi connectivity index (χ0n) is 17.7. The molecule has 2 aromatic rings. The Hall–Kier alpha value is -1.95. The average Bonchev–Trinajstić information content (AvgIpc) is 2.70. The number of benzene rings is 2. The van der Waals surface area contributed by atoms with Gasteiger partial charge in [-0.05, 0) is 28.4 Å². The third-order valence-corrected chi connectivity index (χ3v) is 10.1. The second kappa shape index (κ2) is 10.0. The molecule has 0 bridgehead atoms. The van der Waals surface area contributed by atoms with Gasteiger partial charge in [-0.2, -0.15) is 0 Å². The fourth-order valence-electron chi connectivity index (χ4n) is 3.78. The summed E-state index contributed by atoms with van der Waals surface area (Å²) in [5, 5.41) is 5.61. The zero-order valence-corrected chi connectivity index (χ0v) is 18.7. The molecule has 4 nitrogen and oxygen atoms in total.